The molecule has 1 aliphatic rings. The van der Waals surface area contributed by atoms with Gasteiger partial charge in [0.15, 0.2) is 0 Å². The molecule has 0 aliphatic carbocycles. The van der Waals surface area contributed by atoms with Gasteiger partial charge in [-0.05, 0) is 42.3 Å². The first kappa shape index (κ1) is 20.7. The van der Waals surface area contributed by atoms with Gasteiger partial charge < -0.3 is 4.74 Å². The van der Waals surface area contributed by atoms with E-state index in [0.29, 0.717) is 10.9 Å². The van der Waals surface area contributed by atoms with Gasteiger partial charge in [-0.1, -0.05) is 70.4 Å². The second-order valence-corrected chi connectivity index (χ2v) is 9.99. The second-order valence-electron chi connectivity index (χ2n) is 7.53. The van der Waals surface area contributed by atoms with Crippen LogP contribution in [0.1, 0.15) is 94.8 Å². The summed E-state index contributed by atoms with van der Waals surface area (Å²) in [5.41, 5.74) is 1.55. The first-order valence-corrected chi connectivity index (χ1v) is 12.3. The summed E-state index contributed by atoms with van der Waals surface area (Å²) in [6.07, 6.45) is 17.3. The highest BCUT2D eigenvalue weighted by Crippen LogP contribution is 2.37. The average Bonchev–Trinajstić information content (AvgIpc) is 3.12. The van der Waals surface area contributed by atoms with E-state index in [1.165, 1.54) is 88.6 Å². The third kappa shape index (κ3) is 7.64. The lowest BCUT2D eigenvalue weighted by Crippen LogP contribution is -2.13. The minimum atomic E-state index is 0.622. The average molecular weight is 364 g/mol. The van der Waals surface area contributed by atoms with Crippen LogP contribution in [-0.2, 0) is 10.9 Å². The van der Waals surface area contributed by atoms with E-state index in [2.05, 4.69) is 31.2 Å². The summed E-state index contributed by atoms with van der Waals surface area (Å²) in [5.74, 6) is 3.91. The topological polar surface area (TPSA) is 9.23 Å². The molecular formula is C23H39OS+. The summed E-state index contributed by atoms with van der Waals surface area (Å²) in [6.45, 7) is 2.30. The molecule has 0 radical (unpaired) electrons. The molecule has 0 saturated carbocycles. The van der Waals surface area contributed by atoms with Crippen LogP contribution in [0, 0.1) is 0 Å². The molecule has 0 aromatic heterocycles. The number of rotatable bonds is 13. The van der Waals surface area contributed by atoms with Gasteiger partial charge >= 0.3 is 0 Å². The molecule has 0 N–H and O–H groups in total. The largest absolute Gasteiger partial charge is 0.497 e. The van der Waals surface area contributed by atoms with Crippen molar-refractivity contribution >= 4 is 10.9 Å². The number of unbranched alkanes of at least 4 members (excludes halogenated alkanes) is 9. The van der Waals surface area contributed by atoms with Gasteiger partial charge in [0, 0.05) is 12.0 Å². The third-order valence-corrected chi connectivity index (χ3v) is 8.46. The zero-order valence-electron chi connectivity index (χ0n) is 16.6. The van der Waals surface area contributed by atoms with Gasteiger partial charge in [0.25, 0.3) is 0 Å². The number of hydrogen-bond donors (Lipinski definition) is 0. The Balaban J connectivity index is 1.57. The smallest absolute Gasteiger partial charge is 0.143 e. The monoisotopic (exact) mass is 363 g/mol. The zero-order valence-corrected chi connectivity index (χ0v) is 17.4. The van der Waals surface area contributed by atoms with Crippen molar-refractivity contribution < 1.29 is 4.74 Å². The molecular weight excluding hydrogens is 324 g/mol. The van der Waals surface area contributed by atoms with E-state index in [0.717, 1.165) is 11.0 Å². The first-order chi connectivity index (χ1) is 12.3. The highest BCUT2D eigenvalue weighted by atomic mass is 32.2. The predicted octanol–water partition coefficient (Wildman–Crippen LogP) is 7.07. The minimum Gasteiger partial charge on any atom is -0.497 e. The normalized spacial score (nSPS) is 20.1. The molecule has 1 aliphatic heterocycles. The number of methoxy groups -OCH3 is 1. The molecule has 25 heavy (non-hydrogen) atoms. The summed E-state index contributed by atoms with van der Waals surface area (Å²) < 4.78 is 5.30. The Hall–Kier alpha value is -0.630. The van der Waals surface area contributed by atoms with Gasteiger partial charge in [-0.25, -0.2) is 0 Å². The summed E-state index contributed by atoms with van der Waals surface area (Å²) in [4.78, 5) is 0. The van der Waals surface area contributed by atoms with Crippen LogP contribution in [0.25, 0.3) is 0 Å². The Kier molecular flexibility index (Phi) is 10.5. The first-order valence-electron chi connectivity index (χ1n) is 10.7. The van der Waals surface area contributed by atoms with Gasteiger partial charge in [0.05, 0.1) is 7.11 Å². The van der Waals surface area contributed by atoms with Gasteiger partial charge in [-0.2, -0.15) is 0 Å². The van der Waals surface area contributed by atoms with E-state index in [9.17, 15) is 0 Å². The Bertz CT molecular complexity index is 442. The Morgan fingerprint density at radius 2 is 1.48 bits per heavy atom. The van der Waals surface area contributed by atoms with Crippen molar-refractivity contribution in [1.29, 1.82) is 0 Å². The lowest BCUT2D eigenvalue weighted by atomic mass is 10.1. The third-order valence-electron chi connectivity index (χ3n) is 5.52. The van der Waals surface area contributed by atoms with E-state index >= 15 is 0 Å². The molecule has 1 heterocycles. The Morgan fingerprint density at radius 3 is 2.08 bits per heavy atom. The molecule has 1 nitrogen and oxygen atoms in total. The second kappa shape index (κ2) is 12.7. The van der Waals surface area contributed by atoms with Crippen LogP contribution < -0.4 is 4.74 Å². The summed E-state index contributed by atoms with van der Waals surface area (Å²) in [7, 11) is 2.37. The lowest BCUT2D eigenvalue weighted by Gasteiger charge is -2.13. The van der Waals surface area contributed by atoms with Crippen LogP contribution in [0.5, 0.6) is 5.75 Å². The van der Waals surface area contributed by atoms with Crippen molar-refractivity contribution in [2.75, 3.05) is 18.6 Å². The maximum Gasteiger partial charge on any atom is 0.143 e. The molecule has 1 fully saturated rings. The van der Waals surface area contributed by atoms with E-state index in [1.807, 2.05) is 0 Å². The summed E-state index contributed by atoms with van der Waals surface area (Å²) in [6, 6.07) is 8.87. The van der Waals surface area contributed by atoms with Crippen molar-refractivity contribution in [2.45, 2.75) is 89.2 Å². The van der Waals surface area contributed by atoms with Crippen LogP contribution >= 0.6 is 0 Å². The van der Waals surface area contributed by atoms with E-state index in [-0.39, 0.29) is 0 Å². The van der Waals surface area contributed by atoms with Crippen molar-refractivity contribution in [2.24, 2.45) is 0 Å². The fourth-order valence-electron chi connectivity index (χ4n) is 3.96. The number of ether oxygens (including phenoxy) is 1. The van der Waals surface area contributed by atoms with Gasteiger partial charge in [0.1, 0.15) is 22.5 Å². The van der Waals surface area contributed by atoms with Gasteiger partial charge in [-0.3, -0.25) is 0 Å². The van der Waals surface area contributed by atoms with Crippen molar-refractivity contribution in [3.63, 3.8) is 0 Å². The van der Waals surface area contributed by atoms with Crippen molar-refractivity contribution in [3.8, 4) is 5.75 Å². The Morgan fingerprint density at radius 1 is 0.880 bits per heavy atom. The fourth-order valence-corrected chi connectivity index (χ4v) is 6.89. The van der Waals surface area contributed by atoms with Crippen LogP contribution in [0.2, 0.25) is 0 Å². The molecule has 0 amide bonds. The number of benzene rings is 1. The maximum atomic E-state index is 5.30. The van der Waals surface area contributed by atoms with E-state index < -0.39 is 0 Å². The quantitative estimate of drug-likeness (QED) is 0.269. The van der Waals surface area contributed by atoms with Crippen LogP contribution in [0.3, 0.4) is 0 Å². The molecule has 1 saturated heterocycles. The van der Waals surface area contributed by atoms with E-state index in [1.54, 1.807) is 12.7 Å². The highest BCUT2D eigenvalue weighted by Gasteiger charge is 2.36. The van der Waals surface area contributed by atoms with Gasteiger partial charge in [0.2, 0.25) is 0 Å². The van der Waals surface area contributed by atoms with Crippen LogP contribution in [0.15, 0.2) is 24.3 Å². The molecule has 0 bridgehead atoms. The molecule has 1 aromatic rings. The summed E-state index contributed by atoms with van der Waals surface area (Å²) in [5, 5.41) is 0.824. The number of hydrogen-bond acceptors (Lipinski definition) is 1. The van der Waals surface area contributed by atoms with Crippen LogP contribution in [-0.4, -0.2) is 18.6 Å². The standard InChI is InChI=1S/C23H39OS/c1-3-4-5-6-7-8-9-10-11-12-19-25-20-13-14-23(25)21-15-17-22(24-2)18-16-21/h15-18,23H,3-14,19-20H2,1-2H3/q+1. The van der Waals surface area contributed by atoms with Crippen LogP contribution in [0.4, 0.5) is 0 Å². The minimum absolute atomic E-state index is 0.622. The summed E-state index contributed by atoms with van der Waals surface area (Å²) >= 11 is 0. The van der Waals surface area contributed by atoms with Crippen molar-refractivity contribution in [1.82, 2.24) is 0 Å². The van der Waals surface area contributed by atoms with Crippen molar-refractivity contribution in [3.05, 3.63) is 29.8 Å². The fraction of sp³-hybridized carbons (Fsp3) is 0.739. The molecule has 2 atom stereocenters. The van der Waals surface area contributed by atoms with Gasteiger partial charge in [-0.15, -0.1) is 0 Å². The zero-order chi connectivity index (χ0) is 17.7. The predicted molar refractivity (Wildman–Crippen MR) is 114 cm³/mol. The SMILES string of the molecule is CCCCCCCCCCCC[S+]1CCCC1c1ccc(OC)cc1. The molecule has 1 aromatic carbocycles. The highest BCUT2D eigenvalue weighted by molar-refractivity contribution is 7.97. The Labute approximate surface area is 159 Å². The molecule has 142 valence electrons. The lowest BCUT2D eigenvalue weighted by molar-refractivity contribution is 0.414. The molecule has 2 rings (SSSR count). The molecule has 2 unspecified atom stereocenters. The molecule has 0 spiro atoms. The van der Waals surface area contributed by atoms with E-state index in [4.69, 9.17) is 4.74 Å². The molecule has 2 heteroatoms. The maximum absolute atomic E-state index is 5.30.